The Morgan fingerprint density at radius 3 is 2.17 bits per heavy atom. The number of hydrogen-bond acceptors (Lipinski definition) is 1. The van der Waals surface area contributed by atoms with E-state index in [0.717, 1.165) is 22.0 Å². The lowest BCUT2D eigenvalue weighted by molar-refractivity contribution is 0.264. The summed E-state index contributed by atoms with van der Waals surface area (Å²) in [6, 6.07) is 14.3. The Hall–Kier alpha value is -1.19. The second-order valence-corrected chi connectivity index (χ2v) is 5.18. The summed E-state index contributed by atoms with van der Waals surface area (Å²) in [5.41, 5.74) is 2.11. The quantitative estimate of drug-likeness (QED) is 0.908. The highest BCUT2D eigenvalue weighted by molar-refractivity contribution is 9.10. The van der Waals surface area contributed by atoms with Crippen molar-refractivity contribution < 1.29 is 9.50 Å². The van der Waals surface area contributed by atoms with Gasteiger partial charge >= 0.3 is 0 Å². The highest BCUT2D eigenvalue weighted by Crippen LogP contribution is 2.22. The zero-order valence-corrected chi connectivity index (χ0v) is 11.4. The van der Waals surface area contributed by atoms with Crippen LogP contribution in [0.1, 0.15) is 17.0 Å². The van der Waals surface area contributed by atoms with Crippen LogP contribution in [0.2, 0.25) is 0 Å². The third-order valence-electron chi connectivity index (χ3n) is 2.96. The van der Waals surface area contributed by atoms with Gasteiger partial charge in [-0.15, -0.1) is 0 Å². The molecule has 0 aliphatic heterocycles. The van der Waals surface area contributed by atoms with E-state index in [4.69, 9.17) is 0 Å². The van der Waals surface area contributed by atoms with Crippen LogP contribution in [-0.4, -0.2) is 11.7 Å². The van der Waals surface area contributed by atoms with Crippen molar-refractivity contribution in [2.75, 3.05) is 6.61 Å². The number of aliphatic hydroxyl groups excluding tert-OH is 1. The molecule has 2 rings (SSSR count). The number of halogens is 2. The monoisotopic (exact) mass is 308 g/mol. The molecule has 2 aromatic rings. The Morgan fingerprint density at radius 2 is 1.61 bits per heavy atom. The Balaban J connectivity index is 2.14. The molecule has 18 heavy (non-hydrogen) atoms. The molecule has 0 saturated carbocycles. The smallest absolute Gasteiger partial charge is 0.123 e. The molecule has 0 aromatic heterocycles. The average Bonchev–Trinajstić information content (AvgIpc) is 2.39. The van der Waals surface area contributed by atoms with Crippen LogP contribution in [0.25, 0.3) is 0 Å². The summed E-state index contributed by atoms with van der Waals surface area (Å²) < 4.78 is 13.9. The SMILES string of the molecule is OCC(Cc1ccc(Br)cc1)c1ccc(F)cc1. The van der Waals surface area contributed by atoms with E-state index in [0.29, 0.717) is 0 Å². The fourth-order valence-electron chi connectivity index (χ4n) is 1.93. The molecule has 0 amide bonds. The van der Waals surface area contributed by atoms with Gasteiger partial charge in [-0.05, 0) is 41.8 Å². The molecule has 0 fully saturated rings. The van der Waals surface area contributed by atoms with Gasteiger partial charge in [-0.3, -0.25) is 0 Å². The van der Waals surface area contributed by atoms with Crippen molar-refractivity contribution in [2.24, 2.45) is 0 Å². The third kappa shape index (κ3) is 3.40. The summed E-state index contributed by atoms with van der Waals surface area (Å²) in [6.07, 6.45) is 0.745. The molecule has 1 N–H and O–H groups in total. The molecule has 94 valence electrons. The van der Waals surface area contributed by atoms with Gasteiger partial charge in [-0.25, -0.2) is 4.39 Å². The van der Waals surface area contributed by atoms with Crippen LogP contribution in [0.4, 0.5) is 4.39 Å². The molecule has 0 bridgehead atoms. The maximum absolute atomic E-state index is 12.9. The fraction of sp³-hybridized carbons (Fsp3) is 0.200. The van der Waals surface area contributed by atoms with Gasteiger partial charge in [0.15, 0.2) is 0 Å². The van der Waals surface area contributed by atoms with Gasteiger partial charge in [0.1, 0.15) is 5.82 Å². The Morgan fingerprint density at radius 1 is 1.00 bits per heavy atom. The van der Waals surface area contributed by atoms with E-state index in [2.05, 4.69) is 15.9 Å². The minimum absolute atomic E-state index is 0.00627. The second kappa shape index (κ2) is 6.12. The molecule has 1 unspecified atom stereocenters. The van der Waals surface area contributed by atoms with Crippen LogP contribution in [0, 0.1) is 5.82 Å². The van der Waals surface area contributed by atoms with Gasteiger partial charge in [0, 0.05) is 10.4 Å². The van der Waals surface area contributed by atoms with Crippen LogP contribution in [0.5, 0.6) is 0 Å². The predicted octanol–water partition coefficient (Wildman–Crippen LogP) is 3.91. The molecular formula is C15H14BrFO. The molecule has 0 spiro atoms. The second-order valence-electron chi connectivity index (χ2n) is 4.26. The molecule has 1 nitrogen and oxygen atoms in total. The Labute approximate surface area is 114 Å². The lowest BCUT2D eigenvalue weighted by Gasteiger charge is -2.14. The topological polar surface area (TPSA) is 20.2 Å². The van der Waals surface area contributed by atoms with E-state index in [1.165, 1.54) is 12.1 Å². The predicted molar refractivity (Wildman–Crippen MR) is 74.1 cm³/mol. The van der Waals surface area contributed by atoms with Crippen molar-refractivity contribution in [3.05, 3.63) is 69.9 Å². The first kappa shape index (κ1) is 13.2. The first-order chi connectivity index (χ1) is 8.69. The molecule has 0 aliphatic carbocycles. The first-order valence-corrected chi connectivity index (χ1v) is 6.59. The molecule has 0 aliphatic rings. The maximum atomic E-state index is 12.9. The van der Waals surface area contributed by atoms with Crippen LogP contribution in [-0.2, 0) is 6.42 Å². The molecular weight excluding hydrogens is 295 g/mol. The Kier molecular flexibility index (Phi) is 4.50. The molecule has 0 heterocycles. The van der Waals surface area contributed by atoms with Crippen LogP contribution in [0.15, 0.2) is 53.0 Å². The molecule has 0 radical (unpaired) electrons. The van der Waals surface area contributed by atoms with Gasteiger partial charge in [0.2, 0.25) is 0 Å². The summed E-state index contributed by atoms with van der Waals surface area (Å²) in [5.74, 6) is -0.245. The van der Waals surface area contributed by atoms with Gasteiger partial charge in [-0.1, -0.05) is 40.2 Å². The first-order valence-electron chi connectivity index (χ1n) is 5.80. The number of rotatable bonds is 4. The summed E-state index contributed by atoms with van der Waals surface area (Å²) in [7, 11) is 0. The van der Waals surface area contributed by atoms with E-state index in [-0.39, 0.29) is 18.3 Å². The average molecular weight is 309 g/mol. The molecule has 1 atom stereocenters. The summed E-state index contributed by atoms with van der Waals surface area (Å²) in [4.78, 5) is 0. The summed E-state index contributed by atoms with van der Waals surface area (Å²) in [6.45, 7) is 0.0572. The van der Waals surface area contributed by atoms with Crippen molar-refractivity contribution in [1.82, 2.24) is 0 Å². The van der Waals surface area contributed by atoms with Crippen LogP contribution < -0.4 is 0 Å². The minimum atomic E-state index is -0.251. The number of aliphatic hydroxyl groups is 1. The van der Waals surface area contributed by atoms with Gasteiger partial charge in [0.25, 0.3) is 0 Å². The van der Waals surface area contributed by atoms with Crippen molar-refractivity contribution in [3.63, 3.8) is 0 Å². The van der Waals surface area contributed by atoms with E-state index in [1.54, 1.807) is 12.1 Å². The van der Waals surface area contributed by atoms with Gasteiger partial charge in [0.05, 0.1) is 6.61 Å². The van der Waals surface area contributed by atoms with Crippen LogP contribution in [0.3, 0.4) is 0 Å². The van der Waals surface area contributed by atoms with E-state index < -0.39 is 0 Å². The zero-order valence-electron chi connectivity index (χ0n) is 9.81. The van der Waals surface area contributed by atoms with Crippen molar-refractivity contribution >= 4 is 15.9 Å². The summed E-state index contributed by atoms with van der Waals surface area (Å²) in [5, 5.41) is 9.46. The lowest BCUT2D eigenvalue weighted by Crippen LogP contribution is -2.07. The summed E-state index contributed by atoms with van der Waals surface area (Å²) >= 11 is 3.39. The molecule has 0 saturated heterocycles. The van der Waals surface area contributed by atoms with Gasteiger partial charge < -0.3 is 5.11 Å². The number of hydrogen-bond donors (Lipinski definition) is 1. The largest absolute Gasteiger partial charge is 0.396 e. The zero-order chi connectivity index (χ0) is 13.0. The minimum Gasteiger partial charge on any atom is -0.396 e. The number of benzene rings is 2. The van der Waals surface area contributed by atoms with Crippen LogP contribution >= 0.6 is 15.9 Å². The normalized spacial score (nSPS) is 12.4. The van der Waals surface area contributed by atoms with Crippen molar-refractivity contribution in [1.29, 1.82) is 0 Å². The van der Waals surface area contributed by atoms with E-state index in [1.807, 2.05) is 24.3 Å². The van der Waals surface area contributed by atoms with Crippen molar-refractivity contribution in [2.45, 2.75) is 12.3 Å². The third-order valence-corrected chi connectivity index (χ3v) is 3.49. The molecule has 2 aromatic carbocycles. The van der Waals surface area contributed by atoms with Gasteiger partial charge in [-0.2, -0.15) is 0 Å². The highest BCUT2D eigenvalue weighted by Gasteiger charge is 2.11. The van der Waals surface area contributed by atoms with E-state index >= 15 is 0 Å². The Bertz CT molecular complexity index is 493. The van der Waals surface area contributed by atoms with Crippen molar-refractivity contribution in [3.8, 4) is 0 Å². The fourth-order valence-corrected chi connectivity index (χ4v) is 2.19. The van der Waals surface area contributed by atoms with E-state index in [9.17, 15) is 9.50 Å². The maximum Gasteiger partial charge on any atom is 0.123 e. The molecule has 3 heteroatoms. The standard InChI is InChI=1S/C15H14BrFO/c16-14-5-1-11(2-6-14)9-13(10-18)12-3-7-15(17)8-4-12/h1-8,13,18H,9-10H2. The highest BCUT2D eigenvalue weighted by atomic mass is 79.9. The lowest BCUT2D eigenvalue weighted by atomic mass is 9.93.